The van der Waals surface area contributed by atoms with Gasteiger partial charge < -0.3 is 4.74 Å². The number of ketones is 1. The van der Waals surface area contributed by atoms with Crippen LogP contribution in [0.15, 0.2) is 6.20 Å². The molecule has 1 heterocycles. The number of aryl methyl sites for hydroxylation is 1. The van der Waals surface area contributed by atoms with Crippen LogP contribution < -0.4 is 0 Å². The zero-order valence-corrected chi connectivity index (χ0v) is 8.94. The molecule has 0 aromatic carbocycles. The third-order valence-electron chi connectivity index (χ3n) is 2.55. The molecule has 5 nitrogen and oxygen atoms in total. The van der Waals surface area contributed by atoms with E-state index in [9.17, 15) is 4.79 Å². The summed E-state index contributed by atoms with van der Waals surface area (Å²) in [4.78, 5) is 12.0. The molecule has 1 rings (SSSR count). The normalized spacial score (nSPS) is 15.1. The zero-order chi connectivity index (χ0) is 10.8. The van der Waals surface area contributed by atoms with Gasteiger partial charge in [-0.3, -0.25) is 4.79 Å². The molecule has 5 heteroatoms. The minimum Gasteiger partial charge on any atom is -0.370 e. The molecule has 0 N–H and O–H groups in total. The molecule has 1 atom stereocenters. The lowest BCUT2D eigenvalue weighted by Gasteiger charge is -2.24. The Hall–Kier alpha value is -1.23. The summed E-state index contributed by atoms with van der Waals surface area (Å²) in [5.41, 5.74) is -0.314. The Kier molecular flexibility index (Phi) is 3.00. The molecular weight excluding hydrogens is 182 g/mol. The highest BCUT2D eigenvalue weighted by Crippen LogP contribution is 2.19. The van der Waals surface area contributed by atoms with Crippen molar-refractivity contribution in [3.05, 3.63) is 11.9 Å². The molecule has 0 bridgehead atoms. The Labute approximate surface area is 83.1 Å². The fraction of sp³-hybridized carbons (Fsp3) is 0.667. The number of Topliss-reactive ketones (excluding diaryl/α,β-unsaturated/α-hetero) is 1. The highest BCUT2D eigenvalue weighted by atomic mass is 16.5. The van der Waals surface area contributed by atoms with Gasteiger partial charge in [0.05, 0.1) is 6.20 Å². The van der Waals surface area contributed by atoms with Crippen LogP contribution in [0.1, 0.15) is 30.8 Å². The van der Waals surface area contributed by atoms with E-state index in [1.165, 1.54) is 18.0 Å². The Bertz CT molecular complexity index is 329. The summed E-state index contributed by atoms with van der Waals surface area (Å²) in [5, 5.41) is 7.37. The molecule has 0 radical (unpaired) electrons. The van der Waals surface area contributed by atoms with Crippen molar-refractivity contribution in [3.63, 3.8) is 0 Å². The molecule has 1 unspecified atom stereocenters. The quantitative estimate of drug-likeness (QED) is 0.670. The molecule has 0 amide bonds. The molecule has 14 heavy (non-hydrogen) atoms. The predicted octanol–water partition coefficient (Wildman–Crippen LogP) is 0.813. The summed E-state index contributed by atoms with van der Waals surface area (Å²) in [6, 6.07) is 0. The van der Waals surface area contributed by atoms with Crippen molar-refractivity contribution in [2.45, 2.75) is 25.9 Å². The lowest BCUT2D eigenvalue weighted by atomic mass is 9.95. The summed E-state index contributed by atoms with van der Waals surface area (Å²) in [6.07, 6.45) is 2.07. The standard InChI is InChI=1S/C9H15N3O2/c1-5-9(2,14-4)8(13)7-6-10-11-12(7)3/h6H,5H2,1-4H3. The molecule has 0 aliphatic heterocycles. The van der Waals surface area contributed by atoms with Crippen LogP contribution >= 0.6 is 0 Å². The van der Waals surface area contributed by atoms with Gasteiger partial charge in [0.2, 0.25) is 5.78 Å². The molecule has 0 fully saturated rings. The monoisotopic (exact) mass is 197 g/mol. The van der Waals surface area contributed by atoms with Crippen LogP contribution in [0.3, 0.4) is 0 Å². The summed E-state index contributed by atoms with van der Waals surface area (Å²) in [7, 11) is 3.22. The molecule has 0 aliphatic rings. The Morgan fingerprint density at radius 3 is 2.71 bits per heavy atom. The van der Waals surface area contributed by atoms with Gasteiger partial charge in [0, 0.05) is 14.2 Å². The van der Waals surface area contributed by atoms with E-state index >= 15 is 0 Å². The second-order valence-corrected chi connectivity index (χ2v) is 3.36. The number of hydrogen-bond acceptors (Lipinski definition) is 4. The number of methoxy groups -OCH3 is 1. The van der Waals surface area contributed by atoms with E-state index in [1.807, 2.05) is 6.92 Å². The second-order valence-electron chi connectivity index (χ2n) is 3.36. The molecule has 0 aliphatic carbocycles. The molecule has 78 valence electrons. The topological polar surface area (TPSA) is 57.0 Å². The Balaban J connectivity index is 3.01. The molecule has 1 aromatic rings. The maximum Gasteiger partial charge on any atom is 0.213 e. The second kappa shape index (κ2) is 3.88. The molecule has 1 aromatic heterocycles. The minimum atomic E-state index is -0.782. The first kappa shape index (κ1) is 10.8. The van der Waals surface area contributed by atoms with Gasteiger partial charge in [-0.15, -0.1) is 5.10 Å². The lowest BCUT2D eigenvalue weighted by Crippen LogP contribution is -2.37. The first-order valence-electron chi connectivity index (χ1n) is 4.49. The molecule has 0 saturated carbocycles. The number of hydrogen-bond donors (Lipinski definition) is 0. The van der Waals surface area contributed by atoms with E-state index in [-0.39, 0.29) is 5.78 Å². The average Bonchev–Trinajstić information content (AvgIpc) is 2.62. The van der Waals surface area contributed by atoms with E-state index in [2.05, 4.69) is 10.3 Å². The van der Waals surface area contributed by atoms with E-state index < -0.39 is 5.60 Å². The number of aromatic nitrogens is 3. The molecular formula is C9H15N3O2. The third kappa shape index (κ3) is 1.68. The van der Waals surface area contributed by atoms with Crippen LogP contribution in [0.25, 0.3) is 0 Å². The van der Waals surface area contributed by atoms with Crippen molar-refractivity contribution < 1.29 is 9.53 Å². The maximum absolute atomic E-state index is 12.0. The van der Waals surface area contributed by atoms with Crippen molar-refractivity contribution in [1.29, 1.82) is 0 Å². The van der Waals surface area contributed by atoms with Crippen LogP contribution in [-0.4, -0.2) is 33.5 Å². The van der Waals surface area contributed by atoms with Gasteiger partial charge in [0.1, 0.15) is 11.3 Å². The van der Waals surface area contributed by atoms with E-state index in [0.29, 0.717) is 12.1 Å². The number of carbonyl (C=O) groups is 1. The summed E-state index contributed by atoms with van der Waals surface area (Å²) >= 11 is 0. The smallest absolute Gasteiger partial charge is 0.213 e. The molecule has 0 spiro atoms. The number of ether oxygens (including phenoxy) is 1. The van der Waals surface area contributed by atoms with E-state index in [1.54, 1.807) is 14.0 Å². The maximum atomic E-state index is 12.0. The number of rotatable bonds is 4. The molecule has 0 saturated heterocycles. The van der Waals surface area contributed by atoms with Crippen LogP contribution in [-0.2, 0) is 11.8 Å². The van der Waals surface area contributed by atoms with Crippen molar-refractivity contribution >= 4 is 5.78 Å². The van der Waals surface area contributed by atoms with E-state index in [4.69, 9.17) is 4.74 Å². The van der Waals surface area contributed by atoms with Crippen LogP contribution in [0.2, 0.25) is 0 Å². The summed E-state index contributed by atoms with van der Waals surface area (Å²) in [6.45, 7) is 3.67. The highest BCUT2D eigenvalue weighted by molar-refractivity contribution is 6.00. The van der Waals surface area contributed by atoms with Crippen molar-refractivity contribution in [3.8, 4) is 0 Å². The highest BCUT2D eigenvalue weighted by Gasteiger charge is 2.33. The van der Waals surface area contributed by atoms with Crippen molar-refractivity contribution in [2.75, 3.05) is 7.11 Å². The number of nitrogens with zero attached hydrogens (tertiary/aromatic N) is 3. The fourth-order valence-corrected chi connectivity index (χ4v) is 1.16. The van der Waals surface area contributed by atoms with Crippen molar-refractivity contribution in [1.82, 2.24) is 15.0 Å². The van der Waals surface area contributed by atoms with Gasteiger partial charge in [0.15, 0.2) is 0 Å². The summed E-state index contributed by atoms with van der Waals surface area (Å²) in [5.74, 6) is -0.0880. The van der Waals surface area contributed by atoms with E-state index in [0.717, 1.165) is 0 Å². The third-order valence-corrected chi connectivity index (χ3v) is 2.55. The zero-order valence-electron chi connectivity index (χ0n) is 8.94. The predicted molar refractivity (Wildman–Crippen MR) is 51.0 cm³/mol. The largest absolute Gasteiger partial charge is 0.370 e. The van der Waals surface area contributed by atoms with Gasteiger partial charge in [-0.05, 0) is 13.3 Å². The van der Waals surface area contributed by atoms with Gasteiger partial charge in [-0.25, -0.2) is 4.68 Å². The summed E-state index contributed by atoms with van der Waals surface area (Å²) < 4.78 is 6.66. The van der Waals surface area contributed by atoms with Crippen LogP contribution in [0.5, 0.6) is 0 Å². The van der Waals surface area contributed by atoms with Gasteiger partial charge in [-0.2, -0.15) is 0 Å². The van der Waals surface area contributed by atoms with Crippen LogP contribution in [0.4, 0.5) is 0 Å². The van der Waals surface area contributed by atoms with Crippen molar-refractivity contribution in [2.24, 2.45) is 7.05 Å². The Morgan fingerprint density at radius 1 is 1.71 bits per heavy atom. The number of carbonyl (C=O) groups excluding carboxylic acids is 1. The van der Waals surface area contributed by atoms with Gasteiger partial charge in [0.25, 0.3) is 0 Å². The first-order valence-corrected chi connectivity index (χ1v) is 4.49. The lowest BCUT2D eigenvalue weighted by molar-refractivity contribution is 0.00979. The Morgan fingerprint density at radius 2 is 2.36 bits per heavy atom. The first-order chi connectivity index (χ1) is 6.55. The average molecular weight is 197 g/mol. The van der Waals surface area contributed by atoms with Crippen LogP contribution in [0, 0.1) is 0 Å². The SMILES string of the molecule is CCC(C)(OC)C(=O)c1cnnn1C. The van der Waals surface area contributed by atoms with Gasteiger partial charge >= 0.3 is 0 Å². The fourth-order valence-electron chi connectivity index (χ4n) is 1.16. The van der Waals surface area contributed by atoms with Gasteiger partial charge in [-0.1, -0.05) is 12.1 Å². The minimum absolute atomic E-state index is 0.0880.